The van der Waals surface area contributed by atoms with Crippen molar-refractivity contribution < 1.29 is 37.1 Å². The Morgan fingerprint density at radius 1 is 1.10 bits per heavy atom. The molecule has 6 atom stereocenters. The zero-order valence-corrected chi connectivity index (χ0v) is 23.1. The van der Waals surface area contributed by atoms with Crippen LogP contribution in [0, 0.1) is 28.6 Å². The van der Waals surface area contributed by atoms with E-state index in [4.69, 9.17) is 5.73 Å². The van der Waals surface area contributed by atoms with Gasteiger partial charge in [-0.2, -0.15) is 13.2 Å². The lowest BCUT2D eigenvalue weighted by Crippen LogP contribution is -2.61. The van der Waals surface area contributed by atoms with Crippen LogP contribution in [-0.2, 0) is 24.0 Å². The zero-order chi connectivity index (χ0) is 29.5. The van der Waals surface area contributed by atoms with E-state index in [2.05, 4.69) is 5.32 Å². The lowest BCUT2D eigenvalue weighted by molar-refractivity contribution is -0.176. The Bertz CT molecular complexity index is 1100. The highest BCUT2D eigenvalue weighted by molar-refractivity contribution is 5.96. The van der Waals surface area contributed by atoms with Crippen molar-refractivity contribution in [1.29, 1.82) is 0 Å². The van der Waals surface area contributed by atoms with Crippen molar-refractivity contribution in [2.24, 2.45) is 34.3 Å². The highest BCUT2D eigenvalue weighted by atomic mass is 19.4. The molecule has 13 heteroatoms. The molecule has 2 saturated heterocycles. The smallest absolute Gasteiger partial charge is 0.368 e. The Kier molecular flexibility index (Phi) is 6.79. The first-order valence-electron chi connectivity index (χ1n) is 13.3. The summed E-state index contributed by atoms with van der Waals surface area (Å²) in [6, 6.07) is -3.77. The minimum absolute atomic E-state index is 0.0242. The van der Waals surface area contributed by atoms with Gasteiger partial charge in [-0.15, -0.1) is 0 Å². The molecule has 0 aromatic rings. The molecule has 2 saturated carbocycles. The second-order valence-electron chi connectivity index (χ2n) is 13.4. The molecular weight excluding hydrogens is 519 g/mol. The van der Waals surface area contributed by atoms with E-state index in [1.165, 1.54) is 25.7 Å². The van der Waals surface area contributed by atoms with Gasteiger partial charge in [0.2, 0.25) is 23.6 Å². The van der Waals surface area contributed by atoms with Gasteiger partial charge in [0.25, 0.3) is 0 Å². The molecule has 10 nitrogen and oxygen atoms in total. The molecule has 2 aliphatic carbocycles. The summed E-state index contributed by atoms with van der Waals surface area (Å²) in [6.45, 7) is 8.56. The van der Waals surface area contributed by atoms with Crippen LogP contribution in [0.15, 0.2) is 0 Å². The molecule has 218 valence electrons. The number of piperidine rings is 1. The molecule has 2 aliphatic heterocycles. The van der Waals surface area contributed by atoms with Gasteiger partial charge < -0.3 is 26.2 Å². The number of hydrogen-bond donors (Lipinski definition) is 3. The number of hydrogen-bond acceptors (Lipinski definition) is 5. The minimum Gasteiger partial charge on any atom is -0.368 e. The van der Waals surface area contributed by atoms with E-state index in [0.29, 0.717) is 6.42 Å². The van der Waals surface area contributed by atoms with E-state index in [9.17, 15) is 37.1 Å². The van der Waals surface area contributed by atoms with E-state index >= 15 is 0 Å². The number of halogens is 3. The predicted molar refractivity (Wildman–Crippen MR) is 132 cm³/mol. The summed E-state index contributed by atoms with van der Waals surface area (Å²) in [6.07, 6.45) is -2.82. The van der Waals surface area contributed by atoms with E-state index in [-0.39, 0.29) is 41.7 Å². The second kappa shape index (κ2) is 9.09. The van der Waals surface area contributed by atoms with Crippen molar-refractivity contribution in [1.82, 2.24) is 20.4 Å². The standard InChI is InChI=1S/C26H38F3N5O5/c1-23(2,3)17(32-22(39)26(27,28)29)21(38)34-11-13-15(24(13,4)5)16(34)19(36)31-14(18(30)35)9-12-10-25(7-8-25)33(6)20(12)37/h12-17H,7-11H2,1-6H3,(H2,30,35)(H,31,36)(H,32,39)/t12-,13?,14+,15?,16?,17-/m1/s1. The van der Waals surface area contributed by atoms with Crippen LogP contribution in [-0.4, -0.2) is 82.8 Å². The highest BCUT2D eigenvalue weighted by Gasteiger charge is 2.70. The fraction of sp³-hybridized carbons (Fsp3) is 0.808. The third-order valence-corrected chi connectivity index (χ3v) is 9.43. The minimum atomic E-state index is -5.19. The molecule has 3 unspecified atom stereocenters. The molecule has 0 aromatic heterocycles. The molecule has 4 N–H and O–H groups in total. The van der Waals surface area contributed by atoms with Crippen LogP contribution >= 0.6 is 0 Å². The fourth-order valence-electron chi connectivity index (χ4n) is 6.69. The van der Waals surface area contributed by atoms with Crippen molar-refractivity contribution in [2.45, 2.75) is 90.1 Å². The number of nitrogens with two attached hydrogens (primary N) is 1. The van der Waals surface area contributed by atoms with E-state index in [1.807, 2.05) is 19.2 Å². The molecule has 4 rings (SSSR count). The molecule has 39 heavy (non-hydrogen) atoms. The number of likely N-dealkylation sites (tertiary alicyclic amines) is 2. The summed E-state index contributed by atoms with van der Waals surface area (Å²) < 4.78 is 39.1. The van der Waals surface area contributed by atoms with Gasteiger partial charge in [0.1, 0.15) is 18.1 Å². The van der Waals surface area contributed by atoms with Gasteiger partial charge in [-0.1, -0.05) is 34.6 Å². The summed E-state index contributed by atoms with van der Waals surface area (Å²) in [5.41, 5.74) is 4.02. The third kappa shape index (κ3) is 5.08. The number of carbonyl (C=O) groups excluding carboxylic acids is 5. The SMILES string of the molecule is CN1C(=O)[C@H](C[C@H](NC(=O)C2C3C(CN2C(=O)[C@@H](NC(=O)C(F)(F)F)C(C)(C)C)C3(C)C)C(N)=O)CC12CC2. The van der Waals surface area contributed by atoms with Crippen molar-refractivity contribution in [2.75, 3.05) is 13.6 Å². The Hall–Kier alpha value is -2.86. The van der Waals surface area contributed by atoms with Gasteiger partial charge in [0.05, 0.1) is 0 Å². The third-order valence-electron chi connectivity index (χ3n) is 9.43. The Balaban J connectivity index is 1.54. The summed E-state index contributed by atoms with van der Waals surface area (Å²) in [5.74, 6) is -5.47. The molecule has 1 spiro atoms. The Labute approximate surface area is 225 Å². The average molecular weight is 558 g/mol. The number of alkyl halides is 3. The van der Waals surface area contributed by atoms with Crippen molar-refractivity contribution >= 4 is 29.5 Å². The zero-order valence-electron chi connectivity index (χ0n) is 23.1. The van der Waals surface area contributed by atoms with Crippen molar-refractivity contribution in [3.63, 3.8) is 0 Å². The lowest BCUT2D eigenvalue weighted by atomic mass is 9.85. The van der Waals surface area contributed by atoms with Gasteiger partial charge in [0, 0.05) is 25.0 Å². The molecule has 4 fully saturated rings. The molecule has 5 amide bonds. The number of amides is 5. The average Bonchev–Trinajstić information content (AvgIpc) is 3.58. The summed E-state index contributed by atoms with van der Waals surface area (Å²) in [5, 5.41) is 4.46. The normalized spacial score (nSPS) is 30.0. The van der Waals surface area contributed by atoms with Gasteiger partial charge >= 0.3 is 12.1 Å². The summed E-state index contributed by atoms with van der Waals surface area (Å²) >= 11 is 0. The molecule has 0 bridgehead atoms. The summed E-state index contributed by atoms with van der Waals surface area (Å²) in [7, 11) is 1.73. The number of carbonyl (C=O) groups is 5. The largest absolute Gasteiger partial charge is 0.471 e. The van der Waals surface area contributed by atoms with Crippen LogP contribution in [0.25, 0.3) is 0 Å². The number of fused-ring (bicyclic) bond motifs is 1. The van der Waals surface area contributed by atoms with Gasteiger partial charge in [-0.3, -0.25) is 24.0 Å². The van der Waals surface area contributed by atoms with E-state index in [0.717, 1.165) is 12.8 Å². The maximum Gasteiger partial charge on any atom is 0.471 e. The topological polar surface area (TPSA) is 142 Å². The monoisotopic (exact) mass is 557 g/mol. The molecule has 0 radical (unpaired) electrons. The molecule has 0 aromatic carbocycles. The number of rotatable bonds is 7. The van der Waals surface area contributed by atoms with Crippen LogP contribution in [0.2, 0.25) is 0 Å². The highest BCUT2D eigenvalue weighted by Crippen LogP contribution is 2.65. The van der Waals surface area contributed by atoms with Crippen LogP contribution in [0.5, 0.6) is 0 Å². The van der Waals surface area contributed by atoms with Gasteiger partial charge in [-0.25, -0.2) is 0 Å². The molecule has 2 heterocycles. The predicted octanol–water partition coefficient (Wildman–Crippen LogP) is 0.934. The Morgan fingerprint density at radius 2 is 1.69 bits per heavy atom. The fourth-order valence-corrected chi connectivity index (χ4v) is 6.69. The molecule has 4 aliphatic rings. The van der Waals surface area contributed by atoms with Crippen LogP contribution < -0.4 is 16.4 Å². The first-order chi connectivity index (χ1) is 17.7. The van der Waals surface area contributed by atoms with Gasteiger partial charge in [-0.05, 0) is 48.3 Å². The number of primary amides is 1. The number of nitrogens with zero attached hydrogens (tertiary/aromatic N) is 2. The van der Waals surface area contributed by atoms with Crippen molar-refractivity contribution in [3.8, 4) is 0 Å². The lowest BCUT2D eigenvalue weighted by Gasteiger charge is -2.38. The van der Waals surface area contributed by atoms with Crippen molar-refractivity contribution in [3.05, 3.63) is 0 Å². The van der Waals surface area contributed by atoms with Crippen LogP contribution in [0.4, 0.5) is 13.2 Å². The molecular formula is C26H38F3N5O5. The number of nitrogens with one attached hydrogen (secondary N) is 2. The summed E-state index contributed by atoms with van der Waals surface area (Å²) in [4.78, 5) is 67.0. The van der Waals surface area contributed by atoms with Crippen LogP contribution in [0.3, 0.4) is 0 Å². The maximum absolute atomic E-state index is 13.6. The second-order valence-corrected chi connectivity index (χ2v) is 13.4. The van der Waals surface area contributed by atoms with Gasteiger partial charge in [0.15, 0.2) is 0 Å². The maximum atomic E-state index is 13.6. The quantitative estimate of drug-likeness (QED) is 0.427. The van der Waals surface area contributed by atoms with Crippen LogP contribution in [0.1, 0.15) is 60.3 Å². The first-order valence-corrected chi connectivity index (χ1v) is 13.3. The Morgan fingerprint density at radius 3 is 2.15 bits per heavy atom. The first kappa shape index (κ1) is 29.1. The van der Waals surface area contributed by atoms with E-state index < -0.39 is 59.3 Å². The van der Waals surface area contributed by atoms with E-state index in [1.54, 1.807) is 11.9 Å².